The molecule has 1 N–H and O–H groups in total. The van der Waals surface area contributed by atoms with E-state index in [2.05, 4.69) is 57.0 Å². The van der Waals surface area contributed by atoms with Crippen molar-refractivity contribution in [2.45, 2.75) is 19.3 Å². The number of nitrogens with one attached hydrogen (secondary N) is 1. The second-order valence-corrected chi connectivity index (χ2v) is 8.54. The molecule has 3 aromatic carbocycles. The molecule has 0 radical (unpaired) electrons. The Morgan fingerprint density at radius 2 is 1.70 bits per heavy atom. The van der Waals surface area contributed by atoms with Gasteiger partial charge >= 0.3 is 0 Å². The van der Waals surface area contributed by atoms with Gasteiger partial charge in [-0.2, -0.15) is 5.21 Å². The lowest BCUT2D eigenvalue weighted by molar-refractivity contribution is 0.401. The fraction of sp³-hybridized carbons (Fsp3) is 0.148. The van der Waals surface area contributed by atoms with E-state index in [9.17, 15) is 4.39 Å². The Hall–Kier alpha value is -3.57. The Balaban J connectivity index is 1.64. The summed E-state index contributed by atoms with van der Waals surface area (Å²) in [6.07, 6.45) is 7.15. The number of aromatic amines is 1. The highest BCUT2D eigenvalue weighted by atomic mass is 35.5. The maximum atomic E-state index is 13.9. The standard InChI is InChI=1S/C27H22ClFN4/c28-24-17-22(29)14-15-23(24)27(20-7-4-8-20)26(19-5-2-1-3-6-19)21-12-9-18(10-13-21)11-16-25-30-32-33-31-25/h1-3,5-6,9-17,20H,4,7-8H2,(H,30,31,32,33)/b16-11+,27-26+. The van der Waals surface area contributed by atoms with Crippen LogP contribution in [0.3, 0.4) is 0 Å². The molecule has 0 unspecified atom stereocenters. The number of allylic oxidation sites excluding steroid dienone is 1. The highest BCUT2D eigenvalue weighted by Crippen LogP contribution is 2.46. The smallest absolute Gasteiger partial charge is 0.197 e. The van der Waals surface area contributed by atoms with Crippen LogP contribution in [-0.2, 0) is 0 Å². The van der Waals surface area contributed by atoms with Gasteiger partial charge in [-0.3, -0.25) is 0 Å². The minimum Gasteiger partial charge on any atom is -0.207 e. The van der Waals surface area contributed by atoms with E-state index >= 15 is 0 Å². The number of hydrogen-bond donors (Lipinski definition) is 1. The predicted octanol–water partition coefficient (Wildman–Crippen LogP) is 6.92. The Morgan fingerprint density at radius 1 is 0.939 bits per heavy atom. The Bertz CT molecular complexity index is 1290. The molecule has 1 heterocycles. The molecule has 33 heavy (non-hydrogen) atoms. The van der Waals surface area contributed by atoms with Crippen molar-refractivity contribution in [3.05, 3.63) is 112 Å². The van der Waals surface area contributed by atoms with Crippen molar-refractivity contribution < 1.29 is 4.39 Å². The molecule has 0 spiro atoms. The number of aromatic nitrogens is 4. The van der Waals surface area contributed by atoms with Crippen LogP contribution in [-0.4, -0.2) is 20.6 Å². The molecule has 1 fully saturated rings. The average molecular weight is 457 g/mol. The second-order valence-electron chi connectivity index (χ2n) is 8.13. The molecule has 0 bridgehead atoms. The SMILES string of the molecule is Fc1ccc(/C(=C(\c2ccccc2)c2ccc(/C=C/c3nn[nH]n3)cc2)C2CCC2)c(Cl)c1. The molecule has 4 aromatic rings. The highest BCUT2D eigenvalue weighted by molar-refractivity contribution is 6.32. The minimum atomic E-state index is -0.323. The quantitative estimate of drug-likeness (QED) is 0.320. The maximum absolute atomic E-state index is 13.9. The number of H-pyrrole nitrogens is 1. The fourth-order valence-corrected chi connectivity index (χ4v) is 4.49. The molecule has 0 aliphatic heterocycles. The number of rotatable bonds is 6. The van der Waals surface area contributed by atoms with Gasteiger partial charge in [-0.15, -0.1) is 10.2 Å². The first kappa shape index (κ1) is 21.3. The summed E-state index contributed by atoms with van der Waals surface area (Å²) in [4.78, 5) is 0. The molecule has 1 aromatic heterocycles. The van der Waals surface area contributed by atoms with E-state index in [4.69, 9.17) is 11.6 Å². The molecule has 6 heteroatoms. The summed E-state index contributed by atoms with van der Waals surface area (Å²) in [5, 5.41) is 14.3. The monoisotopic (exact) mass is 456 g/mol. The van der Waals surface area contributed by atoms with E-state index < -0.39 is 0 Å². The summed E-state index contributed by atoms with van der Waals surface area (Å²) in [5.74, 6) is 0.596. The van der Waals surface area contributed by atoms with Crippen LogP contribution in [0.15, 0.2) is 72.8 Å². The van der Waals surface area contributed by atoms with Crippen molar-refractivity contribution in [3.8, 4) is 0 Å². The Morgan fingerprint density at radius 3 is 2.33 bits per heavy atom. The zero-order valence-electron chi connectivity index (χ0n) is 17.9. The van der Waals surface area contributed by atoms with Crippen LogP contribution >= 0.6 is 11.6 Å². The molecular formula is C27H22ClFN4. The first-order valence-corrected chi connectivity index (χ1v) is 11.3. The molecule has 4 nitrogen and oxygen atoms in total. The molecule has 1 aliphatic rings. The van der Waals surface area contributed by atoms with Crippen LogP contribution in [0.1, 0.15) is 47.3 Å². The molecule has 0 atom stereocenters. The normalized spacial score (nSPS) is 14.8. The van der Waals surface area contributed by atoms with Crippen LogP contribution in [0.2, 0.25) is 5.02 Å². The van der Waals surface area contributed by atoms with Crippen LogP contribution in [0.25, 0.3) is 23.3 Å². The number of hydrogen-bond acceptors (Lipinski definition) is 3. The van der Waals surface area contributed by atoms with Crippen LogP contribution in [0.5, 0.6) is 0 Å². The third kappa shape index (κ3) is 4.64. The number of benzene rings is 3. The van der Waals surface area contributed by atoms with Crippen molar-refractivity contribution in [2.24, 2.45) is 5.92 Å². The number of halogens is 2. The van der Waals surface area contributed by atoms with Gasteiger partial charge in [0.25, 0.3) is 0 Å². The van der Waals surface area contributed by atoms with Gasteiger partial charge in [0.1, 0.15) is 5.82 Å². The van der Waals surface area contributed by atoms with Gasteiger partial charge in [-0.25, -0.2) is 4.39 Å². The summed E-state index contributed by atoms with van der Waals surface area (Å²) in [6, 6.07) is 23.4. The summed E-state index contributed by atoms with van der Waals surface area (Å²) in [7, 11) is 0. The first-order valence-electron chi connectivity index (χ1n) is 11.0. The van der Waals surface area contributed by atoms with Gasteiger partial charge in [0.2, 0.25) is 0 Å². The molecule has 0 saturated heterocycles. The van der Waals surface area contributed by atoms with E-state index in [1.165, 1.54) is 24.1 Å². The van der Waals surface area contributed by atoms with Crippen molar-refractivity contribution in [2.75, 3.05) is 0 Å². The first-order chi connectivity index (χ1) is 16.2. The maximum Gasteiger partial charge on any atom is 0.197 e. The Kier molecular flexibility index (Phi) is 6.13. The summed E-state index contributed by atoms with van der Waals surface area (Å²) < 4.78 is 13.9. The van der Waals surface area contributed by atoms with E-state index in [1.807, 2.05) is 36.4 Å². The van der Waals surface area contributed by atoms with Crippen molar-refractivity contribution in [1.29, 1.82) is 0 Å². The van der Waals surface area contributed by atoms with E-state index in [0.717, 1.165) is 40.7 Å². The van der Waals surface area contributed by atoms with Gasteiger partial charge in [-0.1, -0.05) is 84.8 Å². The summed E-state index contributed by atoms with van der Waals surface area (Å²) in [6.45, 7) is 0. The summed E-state index contributed by atoms with van der Waals surface area (Å²) >= 11 is 6.58. The van der Waals surface area contributed by atoms with Gasteiger partial charge in [0.05, 0.1) is 5.02 Å². The third-order valence-electron chi connectivity index (χ3n) is 6.05. The van der Waals surface area contributed by atoms with Crippen molar-refractivity contribution >= 4 is 34.9 Å². The molecule has 1 aliphatic carbocycles. The molecule has 1 saturated carbocycles. The second kappa shape index (κ2) is 9.51. The fourth-order valence-electron chi connectivity index (χ4n) is 4.22. The van der Waals surface area contributed by atoms with Gasteiger partial charge in [-0.05, 0) is 75.6 Å². The lowest BCUT2D eigenvalue weighted by atomic mass is 9.73. The molecule has 5 rings (SSSR count). The molecular weight excluding hydrogens is 435 g/mol. The largest absolute Gasteiger partial charge is 0.207 e. The zero-order chi connectivity index (χ0) is 22.6. The van der Waals surface area contributed by atoms with Crippen LogP contribution in [0.4, 0.5) is 4.39 Å². The molecule has 0 amide bonds. The van der Waals surface area contributed by atoms with Crippen molar-refractivity contribution in [1.82, 2.24) is 20.6 Å². The highest BCUT2D eigenvalue weighted by Gasteiger charge is 2.28. The minimum absolute atomic E-state index is 0.323. The zero-order valence-corrected chi connectivity index (χ0v) is 18.6. The van der Waals surface area contributed by atoms with Gasteiger partial charge < -0.3 is 0 Å². The van der Waals surface area contributed by atoms with Crippen LogP contribution in [0, 0.1) is 11.7 Å². The van der Waals surface area contributed by atoms with E-state index in [0.29, 0.717) is 16.8 Å². The van der Waals surface area contributed by atoms with Crippen LogP contribution < -0.4 is 0 Å². The molecule has 164 valence electrons. The topological polar surface area (TPSA) is 54.5 Å². The lowest BCUT2D eigenvalue weighted by Gasteiger charge is -2.32. The van der Waals surface area contributed by atoms with Crippen molar-refractivity contribution in [3.63, 3.8) is 0 Å². The predicted molar refractivity (Wildman–Crippen MR) is 131 cm³/mol. The van der Waals surface area contributed by atoms with E-state index in [1.54, 1.807) is 0 Å². The average Bonchev–Trinajstić information content (AvgIpc) is 3.32. The number of tetrazole rings is 1. The summed E-state index contributed by atoms with van der Waals surface area (Å²) in [5.41, 5.74) is 6.48. The lowest BCUT2D eigenvalue weighted by Crippen LogP contribution is -2.15. The third-order valence-corrected chi connectivity index (χ3v) is 6.37. The van der Waals surface area contributed by atoms with E-state index in [-0.39, 0.29) is 5.82 Å². The van der Waals surface area contributed by atoms with Gasteiger partial charge in [0, 0.05) is 0 Å². The Labute approximate surface area is 196 Å². The van der Waals surface area contributed by atoms with Gasteiger partial charge in [0.15, 0.2) is 5.82 Å². The number of nitrogens with zero attached hydrogens (tertiary/aromatic N) is 3.